The minimum atomic E-state index is -0.201. The number of carbonyl (C=O) groups excluding carboxylic acids is 2. The number of benzene rings is 1. The van der Waals surface area contributed by atoms with Crippen molar-refractivity contribution in [2.75, 3.05) is 52.4 Å². The number of piperazine rings is 1. The van der Waals surface area contributed by atoms with E-state index in [1.807, 2.05) is 12.1 Å². The van der Waals surface area contributed by atoms with Crippen LogP contribution in [0.2, 0.25) is 5.02 Å². The molecule has 2 aliphatic heterocycles. The van der Waals surface area contributed by atoms with Crippen LogP contribution in [-0.4, -0.2) is 78.2 Å². The van der Waals surface area contributed by atoms with Crippen molar-refractivity contribution >= 4 is 53.0 Å². The molecular formula is C19H26Cl2N4O2S. The quantitative estimate of drug-likeness (QED) is 0.651. The number of imide groups is 1. The maximum Gasteiger partial charge on any atom is 0.293 e. The van der Waals surface area contributed by atoms with Crippen LogP contribution in [0.4, 0.5) is 4.79 Å². The van der Waals surface area contributed by atoms with Gasteiger partial charge in [0.1, 0.15) is 0 Å². The first-order chi connectivity index (χ1) is 13.1. The molecule has 28 heavy (non-hydrogen) atoms. The summed E-state index contributed by atoms with van der Waals surface area (Å²) in [4.78, 5) is 31.3. The van der Waals surface area contributed by atoms with E-state index in [9.17, 15) is 9.59 Å². The van der Waals surface area contributed by atoms with Crippen molar-refractivity contribution in [3.05, 3.63) is 39.8 Å². The van der Waals surface area contributed by atoms with Crippen LogP contribution in [0.25, 0.3) is 6.08 Å². The third kappa shape index (κ3) is 6.20. The first-order valence-corrected chi connectivity index (χ1v) is 10.4. The second-order valence-corrected chi connectivity index (χ2v) is 8.14. The zero-order valence-corrected chi connectivity index (χ0v) is 18.1. The van der Waals surface area contributed by atoms with Gasteiger partial charge in [-0.3, -0.25) is 19.4 Å². The van der Waals surface area contributed by atoms with E-state index in [0.717, 1.165) is 63.0 Å². The Bertz CT molecular complexity index is 706. The molecular weight excluding hydrogens is 419 g/mol. The number of nitrogens with two attached hydrogens (primary N) is 1. The molecule has 0 radical (unpaired) electrons. The highest BCUT2D eigenvalue weighted by Crippen LogP contribution is 2.32. The minimum absolute atomic E-state index is 0. The summed E-state index contributed by atoms with van der Waals surface area (Å²) in [7, 11) is 0. The van der Waals surface area contributed by atoms with Gasteiger partial charge < -0.3 is 10.6 Å². The van der Waals surface area contributed by atoms with Gasteiger partial charge in [-0.25, -0.2) is 0 Å². The predicted octanol–water partition coefficient (Wildman–Crippen LogP) is 2.76. The Morgan fingerprint density at radius 2 is 1.61 bits per heavy atom. The Morgan fingerprint density at radius 3 is 2.21 bits per heavy atom. The van der Waals surface area contributed by atoms with Crippen molar-refractivity contribution in [3.8, 4) is 0 Å². The van der Waals surface area contributed by atoms with Gasteiger partial charge in [-0.2, -0.15) is 0 Å². The Hall–Kier alpha value is -1.09. The first-order valence-electron chi connectivity index (χ1n) is 9.22. The molecule has 0 saturated carbocycles. The molecule has 9 heteroatoms. The van der Waals surface area contributed by atoms with Crippen LogP contribution in [0, 0.1) is 0 Å². The molecule has 0 aliphatic carbocycles. The van der Waals surface area contributed by atoms with Crippen molar-refractivity contribution in [1.82, 2.24) is 14.7 Å². The zero-order chi connectivity index (χ0) is 19.2. The molecule has 1 aromatic carbocycles. The molecule has 0 bridgehead atoms. The van der Waals surface area contributed by atoms with Crippen LogP contribution in [0.3, 0.4) is 0 Å². The summed E-state index contributed by atoms with van der Waals surface area (Å²) in [5.74, 6) is -0.201. The molecule has 2 fully saturated rings. The maximum absolute atomic E-state index is 12.5. The van der Waals surface area contributed by atoms with Gasteiger partial charge in [0.15, 0.2) is 0 Å². The number of halogens is 2. The van der Waals surface area contributed by atoms with E-state index < -0.39 is 0 Å². The molecule has 0 atom stereocenters. The third-order valence-corrected chi connectivity index (χ3v) is 5.97. The van der Waals surface area contributed by atoms with Crippen LogP contribution >= 0.6 is 35.8 Å². The highest BCUT2D eigenvalue weighted by Gasteiger charge is 2.34. The van der Waals surface area contributed by atoms with Gasteiger partial charge in [-0.05, 0) is 48.5 Å². The fraction of sp³-hybridized carbons (Fsp3) is 0.474. The largest absolute Gasteiger partial charge is 0.329 e. The molecule has 154 valence electrons. The van der Waals surface area contributed by atoms with E-state index >= 15 is 0 Å². The van der Waals surface area contributed by atoms with Crippen LogP contribution in [0.5, 0.6) is 0 Å². The van der Waals surface area contributed by atoms with Crippen LogP contribution in [0.15, 0.2) is 29.2 Å². The van der Waals surface area contributed by atoms with Gasteiger partial charge in [0.2, 0.25) is 0 Å². The van der Waals surface area contributed by atoms with Crippen molar-refractivity contribution in [2.24, 2.45) is 5.73 Å². The predicted molar refractivity (Wildman–Crippen MR) is 118 cm³/mol. The number of rotatable bonds is 7. The molecule has 2 saturated heterocycles. The van der Waals surface area contributed by atoms with Crippen molar-refractivity contribution in [1.29, 1.82) is 0 Å². The molecule has 0 aromatic heterocycles. The Labute approximate surface area is 181 Å². The van der Waals surface area contributed by atoms with E-state index in [4.69, 9.17) is 17.3 Å². The smallest absolute Gasteiger partial charge is 0.293 e. The molecule has 3 rings (SSSR count). The standard InChI is InChI=1S/C19H25ClN4O2S.ClH/c20-16-4-2-15(3-5-16)14-17-18(25)24(19(26)27-17)8-1-7-22-10-12-23(9-6-21)13-11-22;/h2-5,14H,1,6-13,21H2;1H. The molecule has 1 aromatic rings. The highest BCUT2D eigenvalue weighted by atomic mass is 35.5. The highest BCUT2D eigenvalue weighted by molar-refractivity contribution is 8.18. The monoisotopic (exact) mass is 444 g/mol. The van der Waals surface area contributed by atoms with Gasteiger partial charge in [-0.15, -0.1) is 12.4 Å². The average Bonchev–Trinajstić information content (AvgIpc) is 2.92. The molecule has 0 unspecified atom stereocenters. The molecule has 2 heterocycles. The normalized spacial score (nSPS) is 20.1. The fourth-order valence-electron chi connectivity index (χ4n) is 3.27. The topological polar surface area (TPSA) is 69.9 Å². The van der Waals surface area contributed by atoms with Gasteiger partial charge >= 0.3 is 0 Å². The summed E-state index contributed by atoms with van der Waals surface area (Å²) in [6, 6.07) is 7.21. The number of thioether (sulfide) groups is 1. The van der Waals surface area contributed by atoms with E-state index in [1.165, 1.54) is 4.90 Å². The van der Waals surface area contributed by atoms with Crippen molar-refractivity contribution < 1.29 is 9.59 Å². The SMILES string of the molecule is Cl.NCCN1CCN(CCCN2C(=O)SC(=Cc3ccc(Cl)cc3)C2=O)CC1. The molecule has 2 N–H and O–H groups in total. The lowest BCUT2D eigenvalue weighted by Crippen LogP contribution is -2.48. The molecule has 2 aliphatic rings. The minimum Gasteiger partial charge on any atom is -0.329 e. The van der Waals surface area contributed by atoms with Gasteiger partial charge in [0.05, 0.1) is 4.91 Å². The van der Waals surface area contributed by atoms with E-state index in [1.54, 1.807) is 18.2 Å². The fourth-order valence-corrected chi connectivity index (χ4v) is 4.27. The Morgan fingerprint density at radius 1 is 1.00 bits per heavy atom. The summed E-state index contributed by atoms with van der Waals surface area (Å²) in [5, 5.41) is 0.456. The summed E-state index contributed by atoms with van der Waals surface area (Å²) in [6.45, 7) is 7.09. The molecule has 6 nitrogen and oxygen atoms in total. The Kier molecular flexibility index (Phi) is 9.27. The number of nitrogens with zero attached hydrogens (tertiary/aromatic N) is 3. The summed E-state index contributed by atoms with van der Waals surface area (Å²) < 4.78 is 0. The Balaban J connectivity index is 0.00000280. The number of hydrogen-bond donors (Lipinski definition) is 1. The zero-order valence-electron chi connectivity index (χ0n) is 15.7. The van der Waals surface area contributed by atoms with Gasteiger partial charge in [0.25, 0.3) is 11.1 Å². The number of hydrogen-bond acceptors (Lipinski definition) is 6. The number of amides is 2. The van der Waals surface area contributed by atoms with Crippen LogP contribution in [0.1, 0.15) is 12.0 Å². The lowest BCUT2D eigenvalue weighted by Gasteiger charge is -2.34. The van der Waals surface area contributed by atoms with Crippen molar-refractivity contribution in [2.45, 2.75) is 6.42 Å². The lowest BCUT2D eigenvalue weighted by atomic mass is 10.2. The van der Waals surface area contributed by atoms with Gasteiger partial charge in [0, 0.05) is 50.8 Å². The van der Waals surface area contributed by atoms with Crippen molar-refractivity contribution in [3.63, 3.8) is 0 Å². The third-order valence-electron chi connectivity index (χ3n) is 4.81. The van der Waals surface area contributed by atoms with Crippen LogP contribution < -0.4 is 5.73 Å². The molecule has 2 amide bonds. The maximum atomic E-state index is 12.5. The second kappa shape index (κ2) is 11.2. The van der Waals surface area contributed by atoms with E-state index in [2.05, 4.69) is 9.80 Å². The van der Waals surface area contributed by atoms with E-state index in [-0.39, 0.29) is 23.6 Å². The molecule has 0 spiro atoms. The van der Waals surface area contributed by atoms with Gasteiger partial charge in [-0.1, -0.05) is 23.7 Å². The summed E-state index contributed by atoms with van der Waals surface area (Å²) in [6.07, 6.45) is 2.54. The van der Waals surface area contributed by atoms with E-state index in [0.29, 0.717) is 23.0 Å². The lowest BCUT2D eigenvalue weighted by molar-refractivity contribution is -0.122. The number of carbonyl (C=O) groups is 2. The van der Waals surface area contributed by atoms with Crippen LogP contribution in [-0.2, 0) is 4.79 Å². The average molecular weight is 445 g/mol. The summed E-state index contributed by atoms with van der Waals surface area (Å²) in [5.41, 5.74) is 6.46. The summed E-state index contributed by atoms with van der Waals surface area (Å²) >= 11 is 6.89. The first kappa shape index (κ1) is 23.2. The second-order valence-electron chi connectivity index (χ2n) is 6.71.